The molecule has 0 amide bonds. The van der Waals surface area contributed by atoms with Crippen molar-refractivity contribution in [2.45, 2.75) is 11.8 Å². The monoisotopic (exact) mass is 388 g/mol. The Hall–Kier alpha value is -3.18. The van der Waals surface area contributed by atoms with Crippen LogP contribution >= 0.6 is 0 Å². The fourth-order valence-corrected chi connectivity index (χ4v) is 4.00. The first-order valence-electron chi connectivity index (χ1n) is 8.93. The van der Waals surface area contributed by atoms with Gasteiger partial charge in [0.2, 0.25) is 0 Å². The number of pyridine rings is 1. The highest BCUT2D eigenvalue weighted by atomic mass is 32.2. The Kier molecular flexibility index (Phi) is 4.61. The van der Waals surface area contributed by atoms with Crippen molar-refractivity contribution in [3.05, 3.63) is 90.9 Å². The maximum atomic E-state index is 12.0. The largest absolute Gasteiger partial charge is 0.314 e. The van der Waals surface area contributed by atoms with Crippen molar-refractivity contribution in [3.63, 3.8) is 0 Å². The van der Waals surface area contributed by atoms with Crippen LogP contribution in [0.15, 0.2) is 90.1 Å². The predicted molar refractivity (Wildman–Crippen MR) is 112 cm³/mol. The number of hydrogen-bond acceptors (Lipinski definition) is 3. The van der Waals surface area contributed by atoms with E-state index >= 15 is 0 Å². The Morgan fingerprint density at radius 3 is 2.11 bits per heavy atom. The van der Waals surface area contributed by atoms with Gasteiger partial charge in [-0.25, -0.2) is 8.42 Å². The van der Waals surface area contributed by atoms with Crippen LogP contribution in [-0.2, 0) is 9.84 Å². The van der Waals surface area contributed by atoms with E-state index < -0.39 is 9.84 Å². The van der Waals surface area contributed by atoms with Gasteiger partial charge in [0.15, 0.2) is 9.84 Å². The zero-order chi connectivity index (χ0) is 19.7. The SMILES string of the molecule is Cc1ccc(-c2ccc(-c3ccncc3)cc2)n1-c1cccc(S(C)(=O)=O)c1. The first-order valence-corrected chi connectivity index (χ1v) is 10.8. The normalized spacial score (nSPS) is 11.5. The number of aromatic nitrogens is 2. The lowest BCUT2D eigenvalue weighted by Crippen LogP contribution is -2.02. The summed E-state index contributed by atoms with van der Waals surface area (Å²) >= 11 is 0. The highest BCUT2D eigenvalue weighted by Crippen LogP contribution is 2.29. The van der Waals surface area contributed by atoms with Crippen LogP contribution in [0.1, 0.15) is 5.69 Å². The van der Waals surface area contributed by atoms with E-state index in [2.05, 4.69) is 39.9 Å². The number of sulfone groups is 1. The molecule has 140 valence electrons. The number of aryl methyl sites for hydroxylation is 1. The highest BCUT2D eigenvalue weighted by molar-refractivity contribution is 7.90. The van der Waals surface area contributed by atoms with Gasteiger partial charge in [-0.15, -0.1) is 0 Å². The molecule has 5 heteroatoms. The van der Waals surface area contributed by atoms with E-state index in [0.717, 1.165) is 33.8 Å². The molecule has 0 saturated heterocycles. The van der Waals surface area contributed by atoms with Crippen molar-refractivity contribution in [2.75, 3.05) is 6.26 Å². The van der Waals surface area contributed by atoms with Crippen molar-refractivity contribution in [1.29, 1.82) is 0 Å². The summed E-state index contributed by atoms with van der Waals surface area (Å²) in [6.45, 7) is 2.02. The number of rotatable bonds is 4. The molecular weight excluding hydrogens is 368 g/mol. The Balaban J connectivity index is 1.78. The lowest BCUT2D eigenvalue weighted by atomic mass is 10.0. The second-order valence-electron chi connectivity index (χ2n) is 6.78. The summed E-state index contributed by atoms with van der Waals surface area (Å²) in [5, 5.41) is 0. The Labute approximate surface area is 165 Å². The van der Waals surface area contributed by atoms with Gasteiger partial charge in [-0.1, -0.05) is 30.3 Å². The quantitative estimate of drug-likeness (QED) is 0.499. The van der Waals surface area contributed by atoms with E-state index in [1.165, 1.54) is 6.26 Å². The van der Waals surface area contributed by atoms with Crippen molar-refractivity contribution < 1.29 is 8.42 Å². The first-order chi connectivity index (χ1) is 13.4. The van der Waals surface area contributed by atoms with E-state index in [0.29, 0.717) is 4.90 Å². The van der Waals surface area contributed by atoms with Gasteiger partial charge in [0.25, 0.3) is 0 Å². The minimum Gasteiger partial charge on any atom is -0.314 e. The van der Waals surface area contributed by atoms with E-state index in [9.17, 15) is 8.42 Å². The molecule has 0 aliphatic carbocycles. The summed E-state index contributed by atoms with van der Waals surface area (Å²) in [5.41, 5.74) is 6.20. The van der Waals surface area contributed by atoms with Crippen molar-refractivity contribution >= 4 is 9.84 Å². The van der Waals surface area contributed by atoms with Crippen LogP contribution in [0.2, 0.25) is 0 Å². The molecule has 0 aliphatic heterocycles. The third-order valence-electron chi connectivity index (χ3n) is 4.77. The Morgan fingerprint density at radius 1 is 0.786 bits per heavy atom. The maximum Gasteiger partial charge on any atom is 0.175 e. The molecule has 4 aromatic rings. The molecule has 4 nitrogen and oxygen atoms in total. The topological polar surface area (TPSA) is 52.0 Å². The fourth-order valence-electron chi connectivity index (χ4n) is 3.34. The van der Waals surface area contributed by atoms with E-state index in [4.69, 9.17) is 0 Å². The first kappa shape index (κ1) is 18.2. The third kappa shape index (κ3) is 3.49. The van der Waals surface area contributed by atoms with Gasteiger partial charge in [-0.2, -0.15) is 0 Å². The summed E-state index contributed by atoms with van der Waals surface area (Å²) in [6, 6.07) is 23.5. The molecule has 4 rings (SSSR count). The van der Waals surface area contributed by atoms with Gasteiger partial charge < -0.3 is 4.57 Å². The van der Waals surface area contributed by atoms with Crippen LogP contribution in [-0.4, -0.2) is 24.2 Å². The van der Waals surface area contributed by atoms with Crippen molar-refractivity contribution in [3.8, 4) is 28.1 Å². The summed E-state index contributed by atoms with van der Waals surface area (Å²) in [5.74, 6) is 0. The molecule has 0 N–H and O–H groups in total. The van der Waals surface area contributed by atoms with Gasteiger partial charge in [-0.3, -0.25) is 4.98 Å². The molecule has 0 radical (unpaired) electrons. The van der Waals surface area contributed by atoms with Crippen molar-refractivity contribution in [2.24, 2.45) is 0 Å². The van der Waals surface area contributed by atoms with Crippen LogP contribution in [0.5, 0.6) is 0 Å². The molecule has 0 atom stereocenters. The van der Waals surface area contributed by atoms with Crippen LogP contribution in [0.4, 0.5) is 0 Å². The molecule has 2 aromatic carbocycles. The predicted octanol–water partition coefficient (Wildman–Crippen LogP) is 4.92. The molecule has 0 unspecified atom stereocenters. The lowest BCUT2D eigenvalue weighted by Gasteiger charge is -2.13. The van der Waals surface area contributed by atoms with Gasteiger partial charge >= 0.3 is 0 Å². The van der Waals surface area contributed by atoms with E-state index in [-0.39, 0.29) is 0 Å². The minimum atomic E-state index is -3.26. The Morgan fingerprint density at radius 2 is 1.43 bits per heavy atom. The molecule has 28 heavy (non-hydrogen) atoms. The van der Waals surface area contributed by atoms with Crippen LogP contribution < -0.4 is 0 Å². The second kappa shape index (κ2) is 7.09. The minimum absolute atomic E-state index is 0.317. The maximum absolute atomic E-state index is 12.0. The van der Waals surface area contributed by atoms with Crippen LogP contribution in [0.25, 0.3) is 28.1 Å². The van der Waals surface area contributed by atoms with Crippen molar-refractivity contribution in [1.82, 2.24) is 9.55 Å². The summed E-state index contributed by atoms with van der Waals surface area (Å²) in [7, 11) is -3.26. The van der Waals surface area contributed by atoms with Crippen LogP contribution in [0.3, 0.4) is 0 Å². The molecule has 0 bridgehead atoms. The standard InChI is InChI=1S/C23H20N2O2S/c1-17-6-11-23(25(17)21-4-3-5-22(16-21)28(2,26)27)20-9-7-18(8-10-20)19-12-14-24-15-13-19/h3-16H,1-2H3. The van der Waals surface area contributed by atoms with Gasteiger partial charge in [0.05, 0.1) is 10.6 Å². The summed E-state index contributed by atoms with van der Waals surface area (Å²) in [6.07, 6.45) is 4.80. The molecule has 2 heterocycles. The van der Waals surface area contributed by atoms with E-state index in [1.54, 1.807) is 30.6 Å². The number of benzene rings is 2. The molecular formula is C23H20N2O2S. The number of nitrogens with zero attached hydrogens (tertiary/aromatic N) is 2. The second-order valence-corrected chi connectivity index (χ2v) is 8.79. The zero-order valence-corrected chi connectivity index (χ0v) is 16.5. The van der Waals surface area contributed by atoms with Gasteiger partial charge in [0, 0.05) is 30.0 Å². The van der Waals surface area contributed by atoms with Gasteiger partial charge in [0.1, 0.15) is 0 Å². The molecule has 0 saturated carbocycles. The molecule has 2 aromatic heterocycles. The number of hydrogen-bond donors (Lipinski definition) is 0. The molecule has 0 spiro atoms. The summed E-state index contributed by atoms with van der Waals surface area (Å²) in [4.78, 5) is 4.38. The average Bonchev–Trinajstić information content (AvgIpc) is 3.10. The highest BCUT2D eigenvalue weighted by Gasteiger charge is 2.13. The average molecular weight is 388 g/mol. The smallest absolute Gasteiger partial charge is 0.175 e. The zero-order valence-electron chi connectivity index (χ0n) is 15.7. The fraction of sp³-hybridized carbons (Fsp3) is 0.0870. The Bertz CT molecular complexity index is 1230. The molecule has 0 fully saturated rings. The van der Waals surface area contributed by atoms with Gasteiger partial charge in [-0.05, 0) is 66.1 Å². The third-order valence-corrected chi connectivity index (χ3v) is 5.88. The molecule has 0 aliphatic rings. The van der Waals surface area contributed by atoms with E-state index in [1.807, 2.05) is 31.2 Å². The lowest BCUT2D eigenvalue weighted by molar-refractivity contribution is 0.602. The van der Waals surface area contributed by atoms with Crippen LogP contribution in [0, 0.1) is 6.92 Å². The summed E-state index contributed by atoms with van der Waals surface area (Å²) < 4.78 is 26.0.